The standard InChI is InChI=1S/C14H13N3O2S/c1-19-12-5-3-2-4-11(12)16-9-13(18)17-14-10(8-15)6-7-20-14/h2-7,16H,9H2,1H3,(H,17,18). The summed E-state index contributed by atoms with van der Waals surface area (Å²) in [5.74, 6) is 0.462. The summed E-state index contributed by atoms with van der Waals surface area (Å²) in [6.07, 6.45) is 0. The topological polar surface area (TPSA) is 74.2 Å². The molecule has 1 amide bonds. The SMILES string of the molecule is COc1ccccc1NCC(=O)Nc1sccc1C#N. The summed E-state index contributed by atoms with van der Waals surface area (Å²) < 4.78 is 5.18. The van der Waals surface area contributed by atoms with E-state index in [1.54, 1.807) is 18.6 Å². The third-order valence-electron chi connectivity index (χ3n) is 2.58. The summed E-state index contributed by atoms with van der Waals surface area (Å²) >= 11 is 1.32. The average Bonchev–Trinajstić information content (AvgIpc) is 2.92. The highest BCUT2D eigenvalue weighted by Crippen LogP contribution is 2.24. The molecule has 0 saturated carbocycles. The van der Waals surface area contributed by atoms with E-state index < -0.39 is 0 Å². The smallest absolute Gasteiger partial charge is 0.244 e. The molecule has 0 aliphatic rings. The molecule has 0 aliphatic heterocycles. The van der Waals surface area contributed by atoms with Crippen LogP contribution in [0.5, 0.6) is 5.75 Å². The van der Waals surface area contributed by atoms with E-state index in [0.29, 0.717) is 16.3 Å². The van der Waals surface area contributed by atoms with Crippen LogP contribution in [0.2, 0.25) is 0 Å². The highest BCUT2D eigenvalue weighted by Gasteiger charge is 2.09. The lowest BCUT2D eigenvalue weighted by molar-refractivity contribution is -0.114. The van der Waals surface area contributed by atoms with Gasteiger partial charge in [0.05, 0.1) is 24.9 Å². The lowest BCUT2D eigenvalue weighted by Crippen LogP contribution is -2.21. The lowest BCUT2D eigenvalue weighted by Gasteiger charge is -2.10. The van der Waals surface area contributed by atoms with Gasteiger partial charge in [0.25, 0.3) is 0 Å². The molecule has 2 N–H and O–H groups in total. The van der Waals surface area contributed by atoms with Crippen molar-refractivity contribution < 1.29 is 9.53 Å². The van der Waals surface area contributed by atoms with Crippen molar-refractivity contribution in [1.82, 2.24) is 0 Å². The first kappa shape index (κ1) is 13.9. The molecular formula is C14H13N3O2S. The third-order valence-corrected chi connectivity index (χ3v) is 3.41. The van der Waals surface area contributed by atoms with Crippen LogP contribution in [0.4, 0.5) is 10.7 Å². The van der Waals surface area contributed by atoms with Crippen molar-refractivity contribution in [2.75, 3.05) is 24.3 Å². The molecule has 0 spiro atoms. The monoisotopic (exact) mass is 287 g/mol. The summed E-state index contributed by atoms with van der Waals surface area (Å²) in [5.41, 5.74) is 1.22. The number of para-hydroxylation sites is 2. The number of nitrogens with one attached hydrogen (secondary N) is 2. The molecule has 5 nitrogen and oxygen atoms in total. The molecule has 1 aromatic heterocycles. The van der Waals surface area contributed by atoms with Crippen LogP contribution in [0, 0.1) is 11.3 Å². The second-order valence-electron chi connectivity index (χ2n) is 3.88. The van der Waals surface area contributed by atoms with Gasteiger partial charge >= 0.3 is 0 Å². The minimum absolute atomic E-state index is 0.100. The number of hydrogen-bond acceptors (Lipinski definition) is 5. The molecule has 0 radical (unpaired) electrons. The van der Waals surface area contributed by atoms with Gasteiger partial charge in [-0.05, 0) is 23.6 Å². The van der Waals surface area contributed by atoms with Crippen LogP contribution >= 0.6 is 11.3 Å². The van der Waals surface area contributed by atoms with E-state index in [0.717, 1.165) is 5.69 Å². The molecule has 102 valence electrons. The number of amides is 1. The summed E-state index contributed by atoms with van der Waals surface area (Å²) in [7, 11) is 1.57. The van der Waals surface area contributed by atoms with Crippen molar-refractivity contribution >= 4 is 27.9 Å². The van der Waals surface area contributed by atoms with Crippen LogP contribution in [-0.2, 0) is 4.79 Å². The van der Waals surface area contributed by atoms with E-state index in [4.69, 9.17) is 10.00 Å². The predicted molar refractivity (Wildman–Crippen MR) is 79.1 cm³/mol. The number of anilines is 2. The highest BCUT2D eigenvalue weighted by atomic mass is 32.1. The van der Waals surface area contributed by atoms with Gasteiger partial charge in [-0.15, -0.1) is 11.3 Å². The first-order valence-electron chi connectivity index (χ1n) is 5.89. The zero-order valence-electron chi connectivity index (χ0n) is 10.8. The quantitative estimate of drug-likeness (QED) is 0.886. The first-order chi connectivity index (χ1) is 9.74. The van der Waals surface area contributed by atoms with Crippen LogP contribution in [0.3, 0.4) is 0 Å². The molecule has 1 heterocycles. The van der Waals surface area contributed by atoms with Gasteiger partial charge in [0, 0.05) is 0 Å². The molecular weight excluding hydrogens is 274 g/mol. The number of thiophene rings is 1. The third kappa shape index (κ3) is 3.28. The van der Waals surface area contributed by atoms with Crippen LogP contribution in [0.15, 0.2) is 35.7 Å². The van der Waals surface area contributed by atoms with Crippen LogP contribution < -0.4 is 15.4 Å². The molecule has 0 unspecified atom stereocenters. The molecule has 0 bridgehead atoms. The Balaban J connectivity index is 1.94. The van der Waals surface area contributed by atoms with Crippen LogP contribution in [0.1, 0.15) is 5.56 Å². The lowest BCUT2D eigenvalue weighted by atomic mass is 10.3. The number of carbonyl (C=O) groups excluding carboxylic acids is 1. The number of nitrogens with zero attached hydrogens (tertiary/aromatic N) is 1. The Labute approximate surface area is 120 Å². The molecule has 0 atom stereocenters. The van der Waals surface area contributed by atoms with Gasteiger partial charge < -0.3 is 15.4 Å². The largest absolute Gasteiger partial charge is 0.495 e. The average molecular weight is 287 g/mol. The Bertz CT molecular complexity index is 646. The fraction of sp³-hybridized carbons (Fsp3) is 0.143. The Morgan fingerprint density at radius 3 is 2.95 bits per heavy atom. The van der Waals surface area contributed by atoms with Gasteiger partial charge in [-0.2, -0.15) is 5.26 Å². The number of carbonyl (C=O) groups is 1. The molecule has 6 heteroatoms. The van der Waals surface area contributed by atoms with E-state index in [9.17, 15) is 4.79 Å². The van der Waals surface area contributed by atoms with E-state index in [-0.39, 0.29) is 12.5 Å². The number of methoxy groups -OCH3 is 1. The van der Waals surface area contributed by atoms with E-state index in [1.807, 2.05) is 30.3 Å². The van der Waals surface area contributed by atoms with Crippen molar-refractivity contribution in [1.29, 1.82) is 5.26 Å². The van der Waals surface area contributed by atoms with Crippen molar-refractivity contribution in [2.24, 2.45) is 0 Å². The Hall–Kier alpha value is -2.52. The molecule has 2 rings (SSSR count). The maximum Gasteiger partial charge on any atom is 0.244 e. The fourth-order valence-corrected chi connectivity index (χ4v) is 2.38. The molecule has 1 aromatic carbocycles. The summed E-state index contributed by atoms with van der Waals surface area (Å²) in [6, 6.07) is 11.1. The minimum atomic E-state index is -0.213. The van der Waals surface area contributed by atoms with Crippen molar-refractivity contribution in [2.45, 2.75) is 0 Å². The van der Waals surface area contributed by atoms with Crippen molar-refractivity contribution in [3.05, 3.63) is 41.3 Å². The van der Waals surface area contributed by atoms with E-state index >= 15 is 0 Å². The van der Waals surface area contributed by atoms with Crippen molar-refractivity contribution in [3.8, 4) is 11.8 Å². The fourth-order valence-electron chi connectivity index (χ4n) is 1.63. The van der Waals surface area contributed by atoms with E-state index in [1.165, 1.54) is 11.3 Å². The van der Waals surface area contributed by atoms with Gasteiger partial charge in [0.1, 0.15) is 16.8 Å². The zero-order chi connectivity index (χ0) is 14.4. The maximum atomic E-state index is 11.8. The molecule has 2 aromatic rings. The first-order valence-corrected chi connectivity index (χ1v) is 6.77. The van der Waals surface area contributed by atoms with Gasteiger partial charge in [0.2, 0.25) is 5.91 Å². The number of rotatable bonds is 5. The minimum Gasteiger partial charge on any atom is -0.495 e. The Morgan fingerprint density at radius 2 is 2.20 bits per heavy atom. The van der Waals surface area contributed by atoms with Gasteiger partial charge in [-0.1, -0.05) is 12.1 Å². The number of nitriles is 1. The van der Waals surface area contributed by atoms with Gasteiger partial charge in [0.15, 0.2) is 0 Å². The highest BCUT2D eigenvalue weighted by molar-refractivity contribution is 7.14. The van der Waals surface area contributed by atoms with Gasteiger partial charge in [-0.3, -0.25) is 4.79 Å². The molecule has 0 saturated heterocycles. The molecule has 20 heavy (non-hydrogen) atoms. The Morgan fingerprint density at radius 1 is 1.40 bits per heavy atom. The summed E-state index contributed by atoms with van der Waals surface area (Å²) in [4.78, 5) is 11.8. The molecule has 0 aliphatic carbocycles. The summed E-state index contributed by atoms with van der Waals surface area (Å²) in [6.45, 7) is 0.100. The summed E-state index contributed by atoms with van der Waals surface area (Å²) in [5, 5.41) is 16.9. The maximum absolute atomic E-state index is 11.8. The number of ether oxygens (including phenoxy) is 1. The van der Waals surface area contributed by atoms with Gasteiger partial charge in [-0.25, -0.2) is 0 Å². The van der Waals surface area contributed by atoms with Crippen LogP contribution in [0.25, 0.3) is 0 Å². The Kier molecular flexibility index (Phi) is 4.58. The van der Waals surface area contributed by atoms with Crippen molar-refractivity contribution in [3.63, 3.8) is 0 Å². The normalized spacial score (nSPS) is 9.60. The number of hydrogen-bond donors (Lipinski definition) is 2. The predicted octanol–water partition coefficient (Wildman–Crippen LogP) is 2.68. The molecule has 0 fully saturated rings. The second-order valence-corrected chi connectivity index (χ2v) is 4.79. The second kappa shape index (κ2) is 6.59. The van der Waals surface area contributed by atoms with Crippen LogP contribution in [-0.4, -0.2) is 19.6 Å². The zero-order valence-corrected chi connectivity index (χ0v) is 11.7. The number of benzene rings is 1. The van der Waals surface area contributed by atoms with E-state index in [2.05, 4.69) is 10.6 Å².